The molecule has 2 aliphatic heterocycles. The second-order valence-corrected chi connectivity index (χ2v) is 10.0. The molecular formula is C26H26F3N5OS. The average molecular weight is 514 g/mol. The molecule has 3 heterocycles. The van der Waals surface area contributed by atoms with Crippen LogP contribution in [0.1, 0.15) is 29.2 Å². The quantitative estimate of drug-likeness (QED) is 0.459. The first kappa shape index (κ1) is 24.6. The SMILES string of the molecule is CCN1CCN(C2=NC(=O)/C(=C/c3ccc4c(cnn4Cc4ccc(C)cc4C(F)(F)F)c3)S2)CC1. The molecule has 1 saturated heterocycles. The number of fused-ring (bicyclic) bond motifs is 1. The second-order valence-electron chi connectivity index (χ2n) is 9.01. The van der Waals surface area contributed by atoms with Gasteiger partial charge in [-0.25, -0.2) is 0 Å². The topological polar surface area (TPSA) is 53.7 Å². The zero-order valence-corrected chi connectivity index (χ0v) is 20.9. The van der Waals surface area contributed by atoms with Gasteiger partial charge in [-0.05, 0) is 60.6 Å². The highest BCUT2D eigenvalue weighted by Crippen LogP contribution is 2.34. The molecular weight excluding hydrogens is 487 g/mol. The van der Waals surface area contributed by atoms with Crippen LogP contribution in [0.15, 0.2) is 52.5 Å². The number of carbonyl (C=O) groups excluding carboxylic acids is 1. The number of amides is 1. The smallest absolute Gasteiger partial charge is 0.348 e. The van der Waals surface area contributed by atoms with Crippen molar-refractivity contribution >= 4 is 39.8 Å². The summed E-state index contributed by atoms with van der Waals surface area (Å²) in [4.78, 5) is 21.9. The first-order valence-corrected chi connectivity index (χ1v) is 12.6. The van der Waals surface area contributed by atoms with E-state index in [1.54, 1.807) is 23.9 Å². The number of halogens is 3. The number of likely N-dealkylation sites (N-methyl/N-ethyl adjacent to an activating group) is 1. The van der Waals surface area contributed by atoms with E-state index < -0.39 is 11.7 Å². The lowest BCUT2D eigenvalue weighted by molar-refractivity contribution is -0.138. The van der Waals surface area contributed by atoms with Crippen molar-refractivity contribution in [1.29, 1.82) is 0 Å². The van der Waals surface area contributed by atoms with Crippen LogP contribution in [-0.4, -0.2) is 63.4 Å². The Morgan fingerprint density at radius 1 is 1.08 bits per heavy atom. The van der Waals surface area contributed by atoms with Crippen LogP contribution in [0, 0.1) is 6.92 Å². The number of nitrogens with zero attached hydrogens (tertiary/aromatic N) is 5. The lowest BCUT2D eigenvalue weighted by Gasteiger charge is -2.34. The van der Waals surface area contributed by atoms with Gasteiger partial charge >= 0.3 is 6.18 Å². The molecule has 5 rings (SSSR count). The van der Waals surface area contributed by atoms with E-state index in [1.807, 2.05) is 24.3 Å². The van der Waals surface area contributed by atoms with Gasteiger partial charge < -0.3 is 9.80 Å². The zero-order valence-electron chi connectivity index (χ0n) is 20.0. The molecule has 0 saturated carbocycles. The number of amidine groups is 1. The van der Waals surface area contributed by atoms with E-state index in [4.69, 9.17) is 0 Å². The standard InChI is InChI=1S/C26H26F3N5OS/c1-3-32-8-10-33(11-9-32)25-31-24(35)23(36-25)14-18-5-7-22-20(13-18)15-30-34(22)16-19-6-4-17(2)12-21(19)26(27,28)29/h4-7,12-15H,3,8-11,16H2,1-2H3/b23-14-. The van der Waals surface area contributed by atoms with E-state index in [-0.39, 0.29) is 18.0 Å². The summed E-state index contributed by atoms with van der Waals surface area (Å²) in [7, 11) is 0. The molecule has 0 bridgehead atoms. The molecule has 10 heteroatoms. The molecule has 6 nitrogen and oxygen atoms in total. The Balaban J connectivity index is 1.33. The van der Waals surface area contributed by atoms with Gasteiger partial charge in [0.1, 0.15) is 0 Å². The third-order valence-corrected chi connectivity index (χ3v) is 7.60. The van der Waals surface area contributed by atoms with Crippen molar-refractivity contribution in [3.63, 3.8) is 0 Å². The van der Waals surface area contributed by atoms with Gasteiger partial charge in [-0.3, -0.25) is 9.48 Å². The van der Waals surface area contributed by atoms with E-state index in [9.17, 15) is 18.0 Å². The van der Waals surface area contributed by atoms with E-state index in [0.29, 0.717) is 10.5 Å². The maximum absolute atomic E-state index is 13.5. The minimum atomic E-state index is -4.43. The Kier molecular flexibility index (Phi) is 6.65. The van der Waals surface area contributed by atoms with Crippen LogP contribution in [0.2, 0.25) is 0 Å². The van der Waals surface area contributed by atoms with E-state index in [2.05, 4.69) is 26.8 Å². The van der Waals surface area contributed by atoms with Crippen LogP contribution in [-0.2, 0) is 17.5 Å². The minimum Gasteiger partial charge on any atom is -0.348 e. The number of hydrogen-bond donors (Lipinski definition) is 0. The van der Waals surface area contributed by atoms with Crippen molar-refractivity contribution in [2.24, 2.45) is 4.99 Å². The summed E-state index contributed by atoms with van der Waals surface area (Å²) >= 11 is 1.39. The fourth-order valence-electron chi connectivity index (χ4n) is 4.51. The van der Waals surface area contributed by atoms with Crippen LogP contribution in [0.3, 0.4) is 0 Å². The summed E-state index contributed by atoms with van der Waals surface area (Å²) in [5.74, 6) is -0.247. The normalized spacial score (nSPS) is 18.5. The van der Waals surface area contributed by atoms with Crippen LogP contribution >= 0.6 is 11.8 Å². The van der Waals surface area contributed by atoms with Crippen molar-refractivity contribution < 1.29 is 18.0 Å². The van der Waals surface area contributed by atoms with Gasteiger partial charge in [-0.15, -0.1) is 0 Å². The second kappa shape index (κ2) is 9.74. The van der Waals surface area contributed by atoms with Gasteiger partial charge in [0.2, 0.25) is 0 Å². The number of piperazine rings is 1. The minimum absolute atomic E-state index is 0.00981. The molecule has 0 aliphatic carbocycles. The molecule has 0 spiro atoms. The molecule has 0 N–H and O–H groups in total. The highest BCUT2D eigenvalue weighted by molar-refractivity contribution is 8.18. The highest BCUT2D eigenvalue weighted by atomic mass is 32.2. The predicted molar refractivity (Wildman–Crippen MR) is 137 cm³/mol. The summed E-state index contributed by atoms with van der Waals surface area (Å²) in [6.45, 7) is 8.43. The molecule has 1 aromatic heterocycles. The lowest BCUT2D eigenvalue weighted by atomic mass is 10.0. The van der Waals surface area contributed by atoms with Gasteiger partial charge in [0.25, 0.3) is 5.91 Å². The molecule has 3 aromatic rings. The first-order chi connectivity index (χ1) is 17.2. The maximum atomic E-state index is 13.5. The third-order valence-electron chi connectivity index (χ3n) is 6.55. The summed E-state index contributed by atoms with van der Waals surface area (Å²) in [5, 5.41) is 5.87. The van der Waals surface area contributed by atoms with Crippen molar-refractivity contribution in [3.8, 4) is 0 Å². The Morgan fingerprint density at radius 2 is 1.86 bits per heavy atom. The third kappa shape index (κ3) is 5.05. The molecule has 36 heavy (non-hydrogen) atoms. The fraction of sp³-hybridized carbons (Fsp3) is 0.346. The van der Waals surface area contributed by atoms with Gasteiger partial charge in [0.15, 0.2) is 5.17 Å². The Labute approximate surface area is 211 Å². The summed E-state index contributed by atoms with van der Waals surface area (Å²) in [6.07, 6.45) is -0.985. The van der Waals surface area contributed by atoms with Gasteiger partial charge in [0.05, 0.1) is 28.7 Å². The molecule has 0 unspecified atom stereocenters. The molecule has 1 amide bonds. The van der Waals surface area contributed by atoms with E-state index >= 15 is 0 Å². The van der Waals surface area contributed by atoms with Gasteiger partial charge in [-0.2, -0.15) is 23.3 Å². The molecule has 2 aromatic carbocycles. The van der Waals surface area contributed by atoms with Crippen molar-refractivity contribution in [1.82, 2.24) is 19.6 Å². The van der Waals surface area contributed by atoms with Crippen LogP contribution in [0.4, 0.5) is 13.2 Å². The van der Waals surface area contributed by atoms with Gasteiger partial charge in [-0.1, -0.05) is 30.7 Å². The largest absolute Gasteiger partial charge is 0.416 e. The number of benzene rings is 2. The Morgan fingerprint density at radius 3 is 2.58 bits per heavy atom. The first-order valence-electron chi connectivity index (χ1n) is 11.8. The monoisotopic (exact) mass is 513 g/mol. The highest BCUT2D eigenvalue weighted by Gasteiger charge is 2.33. The van der Waals surface area contributed by atoms with E-state index in [0.717, 1.165) is 54.4 Å². The summed E-state index contributed by atoms with van der Waals surface area (Å²) < 4.78 is 42.2. The number of aliphatic imine (C=N–C) groups is 1. The molecule has 0 radical (unpaired) electrons. The van der Waals surface area contributed by atoms with Gasteiger partial charge in [0, 0.05) is 31.6 Å². The molecule has 2 aliphatic rings. The predicted octanol–water partition coefficient (Wildman–Crippen LogP) is 5.02. The van der Waals surface area contributed by atoms with Crippen LogP contribution in [0.5, 0.6) is 0 Å². The number of alkyl halides is 3. The van der Waals surface area contributed by atoms with Crippen molar-refractivity contribution in [2.45, 2.75) is 26.6 Å². The number of aromatic nitrogens is 2. The van der Waals surface area contributed by atoms with E-state index in [1.165, 1.54) is 23.9 Å². The number of carbonyl (C=O) groups is 1. The molecule has 188 valence electrons. The van der Waals surface area contributed by atoms with Crippen molar-refractivity contribution in [2.75, 3.05) is 32.7 Å². The number of thioether (sulfide) groups is 1. The lowest BCUT2D eigenvalue weighted by Crippen LogP contribution is -2.47. The van der Waals surface area contributed by atoms with Crippen LogP contribution in [0.25, 0.3) is 17.0 Å². The fourth-order valence-corrected chi connectivity index (χ4v) is 5.48. The number of aryl methyl sites for hydroxylation is 1. The number of hydrogen-bond acceptors (Lipinski definition) is 5. The van der Waals surface area contributed by atoms with Crippen LogP contribution < -0.4 is 0 Å². The van der Waals surface area contributed by atoms with Crippen molar-refractivity contribution in [3.05, 3.63) is 69.8 Å². The Bertz CT molecular complexity index is 1370. The zero-order chi connectivity index (χ0) is 25.4. The maximum Gasteiger partial charge on any atom is 0.416 e. The molecule has 0 atom stereocenters. The average Bonchev–Trinajstić information content (AvgIpc) is 3.42. The summed E-state index contributed by atoms with van der Waals surface area (Å²) in [6, 6.07) is 9.91. The molecule has 1 fully saturated rings. The summed E-state index contributed by atoms with van der Waals surface area (Å²) in [5.41, 5.74) is 1.63. The number of rotatable bonds is 4. The Hall–Kier alpha value is -3.11.